The van der Waals surface area contributed by atoms with Crippen molar-refractivity contribution in [3.63, 3.8) is 0 Å². The van der Waals surface area contributed by atoms with Gasteiger partial charge in [0.05, 0.1) is 11.0 Å². The molecule has 6 heteroatoms. The first-order chi connectivity index (χ1) is 10.5. The first-order valence-corrected chi connectivity index (χ1v) is 9.42. The van der Waals surface area contributed by atoms with E-state index in [1.165, 1.54) is 5.56 Å². The minimum Gasteiger partial charge on any atom is -0.378 e. The number of hydrogen-bond donors (Lipinski definition) is 1. The summed E-state index contributed by atoms with van der Waals surface area (Å²) in [5.41, 5.74) is 2.27. The SMILES string of the molecule is C[C@@H]1C[C@@H](NS(=O)(=O)c2ccc3c(c2)N(C)CCC3)CCO1. The number of rotatable bonds is 3. The van der Waals surface area contributed by atoms with Gasteiger partial charge in [0.15, 0.2) is 0 Å². The zero-order chi connectivity index (χ0) is 15.7. The average molecular weight is 324 g/mol. The number of fused-ring (bicyclic) bond motifs is 1. The minimum absolute atomic E-state index is 0.0393. The third kappa shape index (κ3) is 3.29. The molecule has 5 nitrogen and oxygen atoms in total. The van der Waals surface area contributed by atoms with E-state index in [9.17, 15) is 8.42 Å². The van der Waals surface area contributed by atoms with Crippen molar-refractivity contribution in [3.05, 3.63) is 23.8 Å². The molecule has 1 N–H and O–H groups in total. The number of aryl methyl sites for hydroxylation is 1. The quantitative estimate of drug-likeness (QED) is 0.923. The summed E-state index contributed by atoms with van der Waals surface area (Å²) in [5, 5.41) is 0. The molecule has 0 saturated carbocycles. The van der Waals surface area contributed by atoms with Crippen LogP contribution in [0.2, 0.25) is 0 Å². The molecule has 22 heavy (non-hydrogen) atoms. The maximum absolute atomic E-state index is 12.6. The molecule has 1 fully saturated rings. The molecule has 0 aromatic heterocycles. The Morgan fingerprint density at radius 2 is 2.18 bits per heavy atom. The molecule has 0 unspecified atom stereocenters. The Kier molecular flexibility index (Phi) is 4.43. The summed E-state index contributed by atoms with van der Waals surface area (Å²) in [6, 6.07) is 5.44. The van der Waals surface area contributed by atoms with Crippen molar-refractivity contribution >= 4 is 15.7 Å². The van der Waals surface area contributed by atoms with Crippen molar-refractivity contribution in [3.8, 4) is 0 Å². The molecular formula is C16H24N2O3S. The van der Waals surface area contributed by atoms with Crippen molar-refractivity contribution in [1.82, 2.24) is 4.72 Å². The lowest BCUT2D eigenvalue weighted by atomic mass is 10.0. The third-order valence-electron chi connectivity index (χ3n) is 4.52. The van der Waals surface area contributed by atoms with Crippen LogP contribution < -0.4 is 9.62 Å². The van der Waals surface area contributed by atoms with Gasteiger partial charge < -0.3 is 9.64 Å². The second-order valence-electron chi connectivity index (χ2n) is 6.34. The van der Waals surface area contributed by atoms with E-state index in [1.54, 1.807) is 12.1 Å². The maximum atomic E-state index is 12.6. The van der Waals surface area contributed by atoms with E-state index in [-0.39, 0.29) is 12.1 Å². The molecule has 1 aromatic carbocycles. The van der Waals surface area contributed by atoms with Crippen LogP contribution in [0.5, 0.6) is 0 Å². The largest absolute Gasteiger partial charge is 0.378 e. The van der Waals surface area contributed by atoms with E-state index in [4.69, 9.17) is 4.74 Å². The molecule has 3 rings (SSSR count). The normalized spacial score (nSPS) is 25.8. The number of anilines is 1. The predicted octanol–water partition coefficient (Wildman–Crippen LogP) is 1.91. The second kappa shape index (κ2) is 6.18. The molecule has 0 amide bonds. The molecule has 0 radical (unpaired) electrons. The van der Waals surface area contributed by atoms with Crippen LogP contribution in [-0.4, -0.2) is 40.8 Å². The van der Waals surface area contributed by atoms with E-state index >= 15 is 0 Å². The number of nitrogens with zero attached hydrogens (tertiary/aromatic N) is 1. The minimum atomic E-state index is -3.47. The molecule has 0 spiro atoms. The summed E-state index contributed by atoms with van der Waals surface area (Å²) in [6.07, 6.45) is 3.70. The number of nitrogens with one attached hydrogen (secondary N) is 1. The Balaban J connectivity index is 1.81. The summed E-state index contributed by atoms with van der Waals surface area (Å²) in [4.78, 5) is 2.49. The highest BCUT2D eigenvalue weighted by Crippen LogP contribution is 2.29. The van der Waals surface area contributed by atoms with Gasteiger partial charge in [-0.3, -0.25) is 0 Å². The molecule has 1 aromatic rings. The molecule has 2 aliphatic rings. The van der Waals surface area contributed by atoms with Crippen LogP contribution in [0.4, 0.5) is 5.69 Å². The predicted molar refractivity (Wildman–Crippen MR) is 86.8 cm³/mol. The first-order valence-electron chi connectivity index (χ1n) is 7.94. The van der Waals surface area contributed by atoms with Gasteiger partial charge in [0, 0.05) is 31.9 Å². The Labute approximate surface area is 132 Å². The lowest BCUT2D eigenvalue weighted by molar-refractivity contribution is 0.0173. The van der Waals surface area contributed by atoms with Crippen molar-refractivity contribution in [1.29, 1.82) is 0 Å². The molecule has 2 aliphatic heterocycles. The fourth-order valence-corrected chi connectivity index (χ4v) is 4.60. The molecular weight excluding hydrogens is 300 g/mol. The second-order valence-corrected chi connectivity index (χ2v) is 8.05. The van der Waals surface area contributed by atoms with Gasteiger partial charge in [0.25, 0.3) is 0 Å². The highest BCUT2D eigenvalue weighted by atomic mass is 32.2. The highest BCUT2D eigenvalue weighted by Gasteiger charge is 2.26. The zero-order valence-electron chi connectivity index (χ0n) is 13.2. The van der Waals surface area contributed by atoms with Crippen LogP contribution in [0.15, 0.2) is 23.1 Å². The smallest absolute Gasteiger partial charge is 0.240 e. The Morgan fingerprint density at radius 3 is 2.95 bits per heavy atom. The molecule has 2 heterocycles. The maximum Gasteiger partial charge on any atom is 0.240 e. The van der Waals surface area contributed by atoms with Gasteiger partial charge in [0.2, 0.25) is 10.0 Å². The van der Waals surface area contributed by atoms with E-state index in [2.05, 4.69) is 9.62 Å². The lowest BCUT2D eigenvalue weighted by Gasteiger charge is -2.29. The van der Waals surface area contributed by atoms with Gasteiger partial charge in [-0.05, 0) is 50.3 Å². The van der Waals surface area contributed by atoms with Crippen molar-refractivity contribution in [2.24, 2.45) is 0 Å². The number of benzene rings is 1. The highest BCUT2D eigenvalue weighted by molar-refractivity contribution is 7.89. The topological polar surface area (TPSA) is 58.6 Å². The summed E-state index contributed by atoms with van der Waals surface area (Å²) >= 11 is 0. The summed E-state index contributed by atoms with van der Waals surface area (Å²) < 4.78 is 33.6. The van der Waals surface area contributed by atoms with Gasteiger partial charge >= 0.3 is 0 Å². The van der Waals surface area contributed by atoms with E-state index in [1.807, 2.05) is 20.0 Å². The number of ether oxygens (including phenoxy) is 1. The van der Waals surface area contributed by atoms with E-state index in [0.29, 0.717) is 11.5 Å². The summed E-state index contributed by atoms with van der Waals surface area (Å²) in [5.74, 6) is 0. The summed E-state index contributed by atoms with van der Waals surface area (Å²) in [6.45, 7) is 3.57. The monoisotopic (exact) mass is 324 g/mol. The molecule has 0 bridgehead atoms. The third-order valence-corrected chi connectivity index (χ3v) is 6.04. The van der Waals surface area contributed by atoms with Gasteiger partial charge in [0.1, 0.15) is 0 Å². The molecule has 2 atom stereocenters. The van der Waals surface area contributed by atoms with Gasteiger partial charge in [-0.2, -0.15) is 0 Å². The summed E-state index contributed by atoms with van der Waals surface area (Å²) in [7, 11) is -1.46. The van der Waals surface area contributed by atoms with Crippen LogP contribution in [0.1, 0.15) is 31.7 Å². The van der Waals surface area contributed by atoms with Crippen LogP contribution >= 0.6 is 0 Å². The number of sulfonamides is 1. The average Bonchev–Trinajstić information content (AvgIpc) is 2.47. The Bertz CT molecular complexity index is 645. The van der Waals surface area contributed by atoms with E-state index in [0.717, 1.165) is 37.9 Å². The molecule has 122 valence electrons. The zero-order valence-corrected chi connectivity index (χ0v) is 14.0. The fraction of sp³-hybridized carbons (Fsp3) is 0.625. The number of hydrogen-bond acceptors (Lipinski definition) is 4. The van der Waals surface area contributed by atoms with Crippen molar-refractivity contribution in [2.75, 3.05) is 25.1 Å². The van der Waals surface area contributed by atoms with Gasteiger partial charge in [-0.15, -0.1) is 0 Å². The van der Waals surface area contributed by atoms with E-state index < -0.39 is 10.0 Å². The van der Waals surface area contributed by atoms with Gasteiger partial charge in [-0.25, -0.2) is 13.1 Å². The molecule has 0 aliphatic carbocycles. The van der Waals surface area contributed by atoms with Crippen LogP contribution in [0.3, 0.4) is 0 Å². The Morgan fingerprint density at radius 1 is 1.36 bits per heavy atom. The van der Waals surface area contributed by atoms with Crippen molar-refractivity contribution < 1.29 is 13.2 Å². The lowest BCUT2D eigenvalue weighted by Crippen LogP contribution is -2.41. The van der Waals surface area contributed by atoms with Crippen LogP contribution in [0.25, 0.3) is 0 Å². The van der Waals surface area contributed by atoms with Gasteiger partial charge in [-0.1, -0.05) is 6.07 Å². The molecule has 1 saturated heterocycles. The first kappa shape index (κ1) is 15.8. The fourth-order valence-electron chi connectivity index (χ4n) is 3.30. The van der Waals surface area contributed by atoms with Crippen LogP contribution in [-0.2, 0) is 21.2 Å². The standard InChI is InChI=1S/C16H24N2O3S/c1-12-10-14(7-9-21-12)17-22(19,20)15-6-5-13-4-3-8-18(2)16(13)11-15/h5-6,11-12,14,17H,3-4,7-10H2,1-2H3/t12-,14+/m1/s1. The van der Waals surface area contributed by atoms with Crippen LogP contribution in [0, 0.1) is 0 Å². The Hall–Kier alpha value is -1.11. The van der Waals surface area contributed by atoms with Crippen molar-refractivity contribution in [2.45, 2.75) is 49.6 Å².